The molecule has 0 bridgehead atoms. The summed E-state index contributed by atoms with van der Waals surface area (Å²) in [6.45, 7) is 0. The lowest BCUT2D eigenvalue weighted by atomic mass is 10.0. The minimum Gasteiger partial charge on any atom is -0.481 e. The van der Waals surface area contributed by atoms with Gasteiger partial charge in [0.25, 0.3) is 0 Å². The maximum absolute atomic E-state index is 11.1. The van der Waals surface area contributed by atoms with Crippen LogP contribution in [0.15, 0.2) is 0 Å². The third kappa shape index (κ3) is 3.67. The first kappa shape index (κ1) is 12.1. The van der Waals surface area contributed by atoms with Gasteiger partial charge in [-0.1, -0.05) is 0 Å². The monoisotopic (exact) mass is 199 g/mol. The Morgan fingerprint density at radius 2 is 2.00 bits per heavy atom. The first-order valence-electron chi connectivity index (χ1n) is 3.75. The van der Waals surface area contributed by atoms with E-state index in [0.717, 1.165) is 7.11 Å². The Kier molecular flexibility index (Phi) is 4.92. The van der Waals surface area contributed by atoms with Crippen molar-refractivity contribution in [3.63, 3.8) is 0 Å². The van der Waals surface area contributed by atoms with Gasteiger partial charge in [-0.2, -0.15) is 5.26 Å². The van der Waals surface area contributed by atoms with Crippen LogP contribution in [0.2, 0.25) is 0 Å². The lowest BCUT2D eigenvalue weighted by Crippen LogP contribution is -2.24. The van der Waals surface area contributed by atoms with Gasteiger partial charge in [-0.3, -0.25) is 14.4 Å². The van der Waals surface area contributed by atoms with Crippen LogP contribution < -0.4 is 0 Å². The van der Waals surface area contributed by atoms with Crippen LogP contribution in [0.5, 0.6) is 0 Å². The molecule has 0 spiro atoms. The number of nitriles is 1. The highest BCUT2D eigenvalue weighted by Crippen LogP contribution is 2.05. The average Bonchev–Trinajstić information content (AvgIpc) is 2.15. The summed E-state index contributed by atoms with van der Waals surface area (Å²) >= 11 is 0. The fourth-order valence-electron chi connectivity index (χ4n) is 0.748. The summed E-state index contributed by atoms with van der Waals surface area (Å²) in [7, 11) is 1.05. The van der Waals surface area contributed by atoms with E-state index in [1.807, 2.05) is 0 Å². The zero-order valence-electron chi connectivity index (χ0n) is 7.52. The molecule has 0 saturated heterocycles. The topological polar surface area (TPSA) is 104 Å². The second-order valence-corrected chi connectivity index (χ2v) is 2.45. The van der Waals surface area contributed by atoms with Crippen molar-refractivity contribution in [2.75, 3.05) is 7.11 Å². The summed E-state index contributed by atoms with van der Waals surface area (Å²) in [6.07, 6.45) is -0.739. The van der Waals surface area contributed by atoms with Crippen molar-refractivity contribution in [1.82, 2.24) is 0 Å². The average molecular weight is 199 g/mol. The van der Waals surface area contributed by atoms with E-state index >= 15 is 0 Å². The van der Waals surface area contributed by atoms with Gasteiger partial charge in [0.2, 0.25) is 5.92 Å². The number of Topliss-reactive ketones (excluding diaryl/α,β-unsaturated/α-hetero) is 1. The van der Waals surface area contributed by atoms with Crippen molar-refractivity contribution >= 4 is 17.7 Å². The van der Waals surface area contributed by atoms with Gasteiger partial charge in [-0.05, 0) is 0 Å². The molecule has 0 rings (SSSR count). The molecule has 0 aliphatic carbocycles. The van der Waals surface area contributed by atoms with Crippen LogP contribution in [0.1, 0.15) is 12.8 Å². The number of methoxy groups -OCH3 is 1. The highest BCUT2D eigenvalue weighted by atomic mass is 16.5. The number of hydrogen-bond donors (Lipinski definition) is 1. The van der Waals surface area contributed by atoms with E-state index in [2.05, 4.69) is 4.74 Å². The van der Waals surface area contributed by atoms with E-state index in [1.165, 1.54) is 6.07 Å². The molecule has 1 N–H and O–H groups in total. The van der Waals surface area contributed by atoms with Crippen molar-refractivity contribution in [2.45, 2.75) is 12.8 Å². The Bertz CT molecular complexity index is 291. The van der Waals surface area contributed by atoms with Crippen molar-refractivity contribution in [2.24, 2.45) is 5.92 Å². The van der Waals surface area contributed by atoms with Crippen LogP contribution in [0.3, 0.4) is 0 Å². The number of ether oxygens (including phenoxy) is 1. The summed E-state index contributed by atoms with van der Waals surface area (Å²) in [5.41, 5.74) is 0. The number of carbonyl (C=O) groups excluding carboxylic acids is 2. The summed E-state index contributed by atoms with van der Waals surface area (Å²) in [5.74, 6) is -4.36. The van der Waals surface area contributed by atoms with E-state index < -0.39 is 30.1 Å². The van der Waals surface area contributed by atoms with Gasteiger partial charge in [-0.15, -0.1) is 0 Å². The number of carboxylic acids is 1. The van der Waals surface area contributed by atoms with Crippen LogP contribution in [0, 0.1) is 17.2 Å². The molecule has 6 nitrogen and oxygen atoms in total. The zero-order chi connectivity index (χ0) is 11.1. The Morgan fingerprint density at radius 1 is 1.43 bits per heavy atom. The largest absolute Gasteiger partial charge is 0.481 e. The van der Waals surface area contributed by atoms with Gasteiger partial charge < -0.3 is 9.84 Å². The molecular formula is C8H9NO5. The molecule has 0 saturated carbocycles. The minimum absolute atomic E-state index is 0.345. The van der Waals surface area contributed by atoms with Crippen LogP contribution in [-0.4, -0.2) is 29.9 Å². The van der Waals surface area contributed by atoms with E-state index in [1.54, 1.807) is 0 Å². The second-order valence-electron chi connectivity index (χ2n) is 2.45. The van der Waals surface area contributed by atoms with Crippen LogP contribution in [0.25, 0.3) is 0 Å². The molecule has 0 heterocycles. The molecule has 0 aliphatic heterocycles. The maximum Gasteiger partial charge on any atom is 0.330 e. The van der Waals surface area contributed by atoms with E-state index in [-0.39, 0.29) is 6.42 Å². The Labute approximate surface area is 80.1 Å². The van der Waals surface area contributed by atoms with E-state index in [0.29, 0.717) is 0 Å². The Morgan fingerprint density at radius 3 is 2.36 bits per heavy atom. The van der Waals surface area contributed by atoms with Crippen molar-refractivity contribution in [3.05, 3.63) is 0 Å². The fourth-order valence-corrected chi connectivity index (χ4v) is 0.748. The van der Waals surface area contributed by atoms with Gasteiger partial charge >= 0.3 is 11.9 Å². The second kappa shape index (κ2) is 5.70. The van der Waals surface area contributed by atoms with Gasteiger partial charge in [0, 0.05) is 6.42 Å². The van der Waals surface area contributed by atoms with E-state index in [4.69, 9.17) is 10.4 Å². The predicted octanol–water partition coefficient (Wildman–Crippen LogP) is -0.267. The lowest BCUT2D eigenvalue weighted by molar-refractivity contribution is -0.148. The molecule has 1 atom stereocenters. The summed E-state index contributed by atoms with van der Waals surface area (Å²) in [6, 6.07) is 1.46. The Hall–Kier alpha value is -1.90. The summed E-state index contributed by atoms with van der Waals surface area (Å²) < 4.78 is 4.20. The Balaban J connectivity index is 4.27. The van der Waals surface area contributed by atoms with Gasteiger partial charge in [-0.25, -0.2) is 0 Å². The molecule has 0 fully saturated rings. The minimum atomic E-state index is -1.51. The summed E-state index contributed by atoms with van der Waals surface area (Å²) in [5, 5.41) is 16.7. The van der Waals surface area contributed by atoms with Crippen LogP contribution in [0.4, 0.5) is 0 Å². The predicted molar refractivity (Wildman–Crippen MR) is 43.0 cm³/mol. The molecule has 0 aliphatic rings. The molecule has 6 heteroatoms. The number of carbonyl (C=O) groups is 3. The third-order valence-corrected chi connectivity index (χ3v) is 1.47. The number of hydrogen-bond acceptors (Lipinski definition) is 5. The number of nitrogens with zero attached hydrogens (tertiary/aromatic N) is 1. The molecule has 14 heavy (non-hydrogen) atoms. The fraction of sp³-hybridized carbons (Fsp3) is 0.500. The van der Waals surface area contributed by atoms with Crippen molar-refractivity contribution in [3.8, 4) is 6.07 Å². The molecule has 76 valence electrons. The molecule has 0 radical (unpaired) electrons. The maximum atomic E-state index is 11.1. The molecule has 1 unspecified atom stereocenters. The number of aliphatic carboxylic acids is 1. The molecule has 0 aromatic heterocycles. The molecular weight excluding hydrogens is 190 g/mol. The van der Waals surface area contributed by atoms with E-state index in [9.17, 15) is 14.4 Å². The van der Waals surface area contributed by atoms with Crippen LogP contribution >= 0.6 is 0 Å². The SMILES string of the molecule is COC(=O)C(C#N)C(=O)CCC(=O)O. The number of carboxylic acid groups (broad SMARTS) is 1. The first-order chi connectivity index (χ1) is 6.52. The van der Waals surface area contributed by atoms with Gasteiger partial charge in [0.1, 0.15) is 0 Å². The third-order valence-electron chi connectivity index (χ3n) is 1.47. The lowest BCUT2D eigenvalue weighted by Gasteiger charge is -2.03. The van der Waals surface area contributed by atoms with Gasteiger partial charge in [0.15, 0.2) is 5.78 Å². The first-order valence-corrected chi connectivity index (χ1v) is 3.75. The summed E-state index contributed by atoms with van der Waals surface area (Å²) in [4.78, 5) is 32.0. The standard InChI is InChI=1S/C8H9NO5/c1-14-8(13)5(4-9)6(10)2-3-7(11)12/h5H,2-3H2,1H3,(H,11,12). The number of rotatable bonds is 5. The van der Waals surface area contributed by atoms with Crippen molar-refractivity contribution < 1.29 is 24.2 Å². The smallest absolute Gasteiger partial charge is 0.330 e. The molecule has 0 aromatic rings. The number of esters is 1. The van der Waals surface area contributed by atoms with Crippen LogP contribution in [-0.2, 0) is 19.1 Å². The number of ketones is 1. The zero-order valence-corrected chi connectivity index (χ0v) is 7.52. The molecule has 0 amide bonds. The van der Waals surface area contributed by atoms with Gasteiger partial charge in [0.05, 0.1) is 19.6 Å². The molecule has 0 aromatic carbocycles. The normalized spacial score (nSPS) is 11.1. The highest BCUT2D eigenvalue weighted by Gasteiger charge is 2.26. The highest BCUT2D eigenvalue weighted by molar-refractivity contribution is 6.02. The van der Waals surface area contributed by atoms with Crippen molar-refractivity contribution in [1.29, 1.82) is 5.26 Å². The quantitative estimate of drug-likeness (QED) is 0.482.